The minimum absolute atomic E-state index is 0. The quantitative estimate of drug-likeness (QED) is 0.372. The third kappa shape index (κ3) is 5.33. The summed E-state index contributed by atoms with van der Waals surface area (Å²) in [5, 5.41) is 3.24. The van der Waals surface area contributed by atoms with Crippen LogP contribution in [0.2, 0.25) is 39.3 Å². The Hall–Kier alpha value is -0.313. The van der Waals surface area contributed by atoms with E-state index in [1.54, 1.807) is 42.4 Å². The summed E-state index contributed by atoms with van der Waals surface area (Å²) in [4.78, 5) is 0. The Labute approximate surface area is 217 Å². The van der Waals surface area contributed by atoms with E-state index in [0.717, 1.165) is 6.42 Å². The minimum Gasteiger partial charge on any atom is -1.00 e. The molecule has 0 saturated carbocycles. The maximum absolute atomic E-state index is 2.68. The van der Waals surface area contributed by atoms with Gasteiger partial charge in [-0.1, -0.05) is 0 Å². The predicted octanol–water partition coefficient (Wildman–Crippen LogP) is -0.344. The summed E-state index contributed by atoms with van der Waals surface area (Å²) < 4.78 is 5.24. The van der Waals surface area contributed by atoms with Gasteiger partial charge in [-0.25, -0.2) is 0 Å². The van der Waals surface area contributed by atoms with Crippen molar-refractivity contribution in [2.75, 3.05) is 0 Å². The Bertz CT molecular complexity index is 1130. The Morgan fingerprint density at radius 3 is 1.97 bits per heavy atom. The van der Waals surface area contributed by atoms with Crippen molar-refractivity contribution < 1.29 is 46.1 Å². The van der Waals surface area contributed by atoms with Crippen LogP contribution in [-0.2, 0) is 27.7 Å². The van der Waals surface area contributed by atoms with Crippen LogP contribution in [0, 0.1) is 0 Å². The molecule has 0 aliphatic heterocycles. The second-order valence-corrected chi connectivity index (χ2v) is 28.7. The molecule has 170 valence electrons. The van der Waals surface area contributed by atoms with E-state index >= 15 is 0 Å². The summed E-state index contributed by atoms with van der Waals surface area (Å²) >= 11 is -2.02. The standard InChI is InChI=1S/C19H25Si2.C5H5.C3H6.2ClH.Zr/c1-20(2,3)16-9-7-14-11-15-8-10-17(21(4,5)6)13-19(15)18(14)12-16;1-2-4-5-3-1;1-3-2;;;/h7,9-10,12-13H,11H2,1-6H3;1-3H,4H2;1-2H3;2*1H;/q;;;;;+2/p-2. The van der Waals surface area contributed by atoms with Gasteiger partial charge in [-0.15, -0.1) is 0 Å². The number of allylic oxidation sites excluding steroid dienone is 4. The van der Waals surface area contributed by atoms with Crippen LogP contribution in [0.4, 0.5) is 0 Å². The van der Waals surface area contributed by atoms with E-state index in [-0.39, 0.29) is 24.8 Å². The average molecular weight is 579 g/mol. The molecule has 0 bridgehead atoms. The minimum atomic E-state index is -2.02. The van der Waals surface area contributed by atoms with Crippen molar-refractivity contribution in [3.05, 3.63) is 63.0 Å². The molecule has 0 N–H and O–H groups in total. The molecule has 2 aromatic rings. The zero-order chi connectivity index (χ0) is 21.8. The van der Waals surface area contributed by atoms with Crippen LogP contribution in [0.25, 0.3) is 11.1 Å². The summed E-state index contributed by atoms with van der Waals surface area (Å²) in [7, 11) is -2.73. The molecule has 0 saturated heterocycles. The zero-order valence-electron chi connectivity index (χ0n) is 20.8. The Kier molecular flexibility index (Phi) is 8.84. The normalized spacial score (nSPS) is 13.9. The monoisotopic (exact) mass is 576 g/mol. The van der Waals surface area contributed by atoms with Gasteiger partial charge < -0.3 is 24.8 Å². The largest absolute Gasteiger partial charge is 1.00 e. The molecule has 0 amide bonds. The van der Waals surface area contributed by atoms with Crippen LogP contribution in [-0.4, -0.2) is 19.4 Å². The van der Waals surface area contributed by atoms with Crippen molar-refractivity contribution >= 4 is 33.0 Å². The molecule has 0 atom stereocenters. The summed E-state index contributed by atoms with van der Waals surface area (Å²) in [6.07, 6.45) is 9.40. The molecule has 2 aliphatic rings. The van der Waals surface area contributed by atoms with Crippen LogP contribution in [0.3, 0.4) is 0 Å². The SMILES string of the molecule is C[C](C)=[Zr+2]([C]1=CC=CC1)[c]1cc([Si](C)(C)C)cc2c1Cc1ccc([Si](C)(C)C)cc1-2.[Cl-].[Cl-]. The van der Waals surface area contributed by atoms with E-state index in [9.17, 15) is 0 Å². The molecule has 4 rings (SSSR count). The van der Waals surface area contributed by atoms with Crippen molar-refractivity contribution in [3.8, 4) is 11.1 Å². The molecule has 0 fully saturated rings. The van der Waals surface area contributed by atoms with Crippen LogP contribution >= 0.6 is 0 Å². The molecular formula is C27H36Cl2Si2Zr. The van der Waals surface area contributed by atoms with E-state index in [1.807, 2.05) is 0 Å². The Balaban J connectivity index is 0.00000181. The van der Waals surface area contributed by atoms with Crippen molar-refractivity contribution in [1.82, 2.24) is 0 Å². The van der Waals surface area contributed by atoms with Gasteiger partial charge in [0.15, 0.2) is 0 Å². The van der Waals surface area contributed by atoms with Crippen LogP contribution in [0.15, 0.2) is 51.8 Å². The average Bonchev–Trinajstić information content (AvgIpc) is 3.27. The van der Waals surface area contributed by atoms with E-state index in [4.69, 9.17) is 0 Å². The van der Waals surface area contributed by atoms with Gasteiger partial charge in [0.1, 0.15) is 0 Å². The summed E-state index contributed by atoms with van der Waals surface area (Å²) in [5.74, 6) is 0. The van der Waals surface area contributed by atoms with Gasteiger partial charge >= 0.3 is 194 Å². The fraction of sp³-hybridized carbons (Fsp3) is 0.370. The molecular weight excluding hydrogens is 543 g/mol. The maximum Gasteiger partial charge on any atom is -1.00 e. The van der Waals surface area contributed by atoms with Gasteiger partial charge in [0.25, 0.3) is 0 Å². The zero-order valence-corrected chi connectivity index (χ0v) is 26.8. The van der Waals surface area contributed by atoms with Crippen molar-refractivity contribution in [2.24, 2.45) is 0 Å². The van der Waals surface area contributed by atoms with Crippen molar-refractivity contribution in [3.63, 3.8) is 0 Å². The maximum atomic E-state index is 2.68. The second kappa shape index (κ2) is 10.1. The second-order valence-electron chi connectivity index (χ2n) is 11.3. The molecule has 2 aliphatic carbocycles. The number of hydrogen-bond donors (Lipinski definition) is 0. The molecule has 5 heteroatoms. The summed E-state index contributed by atoms with van der Waals surface area (Å²) in [6, 6.07) is 12.7. The number of benzene rings is 2. The molecule has 0 radical (unpaired) electrons. The number of fused-ring (bicyclic) bond motifs is 3. The van der Waals surface area contributed by atoms with E-state index in [1.165, 1.54) is 6.42 Å². The first-order valence-electron chi connectivity index (χ1n) is 11.3. The van der Waals surface area contributed by atoms with Crippen LogP contribution in [0.1, 0.15) is 31.4 Å². The molecule has 32 heavy (non-hydrogen) atoms. The smallest absolute Gasteiger partial charge is 1.00 e. The Morgan fingerprint density at radius 1 is 0.812 bits per heavy atom. The van der Waals surface area contributed by atoms with Crippen molar-refractivity contribution in [1.29, 1.82) is 0 Å². The first-order valence-corrected chi connectivity index (χ1v) is 22.0. The summed E-state index contributed by atoms with van der Waals surface area (Å²) in [5.41, 5.74) is 6.34. The van der Waals surface area contributed by atoms with Gasteiger partial charge in [-0.05, 0) is 0 Å². The van der Waals surface area contributed by atoms with E-state index in [2.05, 4.69) is 102 Å². The molecule has 0 heterocycles. The molecule has 0 aromatic heterocycles. The molecule has 0 nitrogen and oxygen atoms in total. The molecule has 0 spiro atoms. The predicted molar refractivity (Wildman–Crippen MR) is 138 cm³/mol. The fourth-order valence-corrected chi connectivity index (χ4v) is 14.7. The van der Waals surface area contributed by atoms with Gasteiger partial charge in [-0.3, -0.25) is 0 Å². The summed E-state index contributed by atoms with van der Waals surface area (Å²) in [6.45, 7) is 19.7. The molecule has 2 aromatic carbocycles. The molecule has 0 unspecified atom stereocenters. The number of hydrogen-bond acceptors (Lipinski definition) is 0. The van der Waals surface area contributed by atoms with Gasteiger partial charge in [0.2, 0.25) is 0 Å². The number of halogens is 2. The van der Waals surface area contributed by atoms with Gasteiger partial charge in [0.05, 0.1) is 0 Å². The Morgan fingerprint density at radius 2 is 1.44 bits per heavy atom. The first kappa shape index (κ1) is 27.9. The van der Waals surface area contributed by atoms with E-state index < -0.39 is 37.4 Å². The number of rotatable bonds is 4. The fourth-order valence-electron chi connectivity index (χ4n) is 4.79. The first-order chi connectivity index (χ1) is 14.0. The van der Waals surface area contributed by atoms with Crippen LogP contribution < -0.4 is 38.5 Å². The van der Waals surface area contributed by atoms with Gasteiger partial charge in [-0.2, -0.15) is 0 Å². The van der Waals surface area contributed by atoms with E-state index in [0.29, 0.717) is 0 Å². The third-order valence-electron chi connectivity index (χ3n) is 6.61. The van der Waals surface area contributed by atoms with Crippen LogP contribution in [0.5, 0.6) is 0 Å². The topological polar surface area (TPSA) is 0 Å². The van der Waals surface area contributed by atoms with Gasteiger partial charge in [0, 0.05) is 0 Å². The van der Waals surface area contributed by atoms with Crippen molar-refractivity contribution in [2.45, 2.75) is 66.0 Å². The third-order valence-corrected chi connectivity index (χ3v) is 18.0.